The summed E-state index contributed by atoms with van der Waals surface area (Å²) in [7, 11) is 0. The van der Waals surface area contributed by atoms with Crippen molar-refractivity contribution in [2.24, 2.45) is 0 Å². The van der Waals surface area contributed by atoms with E-state index in [9.17, 15) is 14.7 Å². The van der Waals surface area contributed by atoms with Gasteiger partial charge in [0.05, 0.1) is 0 Å². The lowest BCUT2D eigenvalue weighted by atomic mass is 9.98. The number of aliphatic carboxylic acids is 1. The van der Waals surface area contributed by atoms with E-state index in [2.05, 4.69) is 5.32 Å². The van der Waals surface area contributed by atoms with Crippen LogP contribution >= 0.6 is 11.8 Å². The molecule has 2 atom stereocenters. The van der Waals surface area contributed by atoms with Gasteiger partial charge in [0, 0.05) is 12.4 Å². The number of hydrogen-bond acceptors (Lipinski definition) is 4. The fourth-order valence-electron chi connectivity index (χ4n) is 2.15. The summed E-state index contributed by atoms with van der Waals surface area (Å²) >= 11 is 1.56. The van der Waals surface area contributed by atoms with E-state index in [4.69, 9.17) is 4.74 Å². The normalized spacial score (nSPS) is 33.3. The van der Waals surface area contributed by atoms with Crippen molar-refractivity contribution in [2.75, 3.05) is 18.1 Å². The van der Waals surface area contributed by atoms with Crippen LogP contribution in [0.3, 0.4) is 0 Å². The highest BCUT2D eigenvalue weighted by atomic mass is 32.2. The molecule has 96 valence electrons. The third-order valence-electron chi connectivity index (χ3n) is 3.27. The number of thioether (sulfide) groups is 1. The Labute approximate surface area is 104 Å². The second-order valence-corrected chi connectivity index (χ2v) is 5.64. The summed E-state index contributed by atoms with van der Waals surface area (Å²) in [4.78, 5) is 23.2. The molecule has 0 unspecified atom stereocenters. The first-order valence-electron chi connectivity index (χ1n) is 5.89. The van der Waals surface area contributed by atoms with Crippen LogP contribution in [0.1, 0.15) is 25.7 Å². The van der Waals surface area contributed by atoms with Gasteiger partial charge >= 0.3 is 5.97 Å². The standard InChI is InChI=1S/C11H17NO4S/c13-9(8-3-1-2-5-16-8)12-11(10(14)15)4-6-17-7-11/h8H,1-7H2,(H,12,13)(H,14,15)/t8-,11+/m0/s1. The molecule has 2 fully saturated rings. The lowest BCUT2D eigenvalue weighted by Crippen LogP contribution is -2.57. The zero-order valence-corrected chi connectivity index (χ0v) is 10.4. The molecule has 2 saturated heterocycles. The van der Waals surface area contributed by atoms with E-state index in [-0.39, 0.29) is 5.91 Å². The summed E-state index contributed by atoms with van der Waals surface area (Å²) in [6.07, 6.45) is 2.65. The van der Waals surface area contributed by atoms with Crippen molar-refractivity contribution < 1.29 is 19.4 Å². The zero-order valence-electron chi connectivity index (χ0n) is 9.61. The Balaban J connectivity index is 1.98. The molecular weight excluding hydrogens is 242 g/mol. The van der Waals surface area contributed by atoms with Crippen molar-refractivity contribution >= 4 is 23.6 Å². The number of carbonyl (C=O) groups excluding carboxylic acids is 1. The van der Waals surface area contributed by atoms with E-state index in [1.54, 1.807) is 11.8 Å². The summed E-state index contributed by atoms with van der Waals surface area (Å²) in [5.41, 5.74) is -1.08. The minimum atomic E-state index is -1.08. The number of carbonyl (C=O) groups is 2. The van der Waals surface area contributed by atoms with E-state index in [0.717, 1.165) is 18.6 Å². The summed E-state index contributed by atoms with van der Waals surface area (Å²) in [6.45, 7) is 0.590. The van der Waals surface area contributed by atoms with E-state index in [0.29, 0.717) is 25.2 Å². The van der Waals surface area contributed by atoms with Crippen molar-refractivity contribution in [3.8, 4) is 0 Å². The Hall–Kier alpha value is -0.750. The van der Waals surface area contributed by atoms with Gasteiger partial charge in [-0.15, -0.1) is 0 Å². The summed E-state index contributed by atoms with van der Waals surface area (Å²) < 4.78 is 5.36. The first-order chi connectivity index (χ1) is 8.14. The molecule has 0 bridgehead atoms. The van der Waals surface area contributed by atoms with Gasteiger partial charge < -0.3 is 15.2 Å². The maximum Gasteiger partial charge on any atom is 0.330 e. The van der Waals surface area contributed by atoms with E-state index in [1.165, 1.54) is 0 Å². The molecule has 0 aromatic rings. The second-order valence-electron chi connectivity index (χ2n) is 4.53. The highest BCUT2D eigenvalue weighted by Crippen LogP contribution is 2.28. The average molecular weight is 259 g/mol. The monoisotopic (exact) mass is 259 g/mol. The lowest BCUT2D eigenvalue weighted by Gasteiger charge is -2.29. The Morgan fingerprint density at radius 3 is 2.76 bits per heavy atom. The van der Waals surface area contributed by atoms with Crippen LogP contribution in [0.4, 0.5) is 0 Å². The molecule has 17 heavy (non-hydrogen) atoms. The van der Waals surface area contributed by atoms with Gasteiger partial charge in [-0.3, -0.25) is 4.79 Å². The van der Waals surface area contributed by atoms with Gasteiger partial charge in [-0.2, -0.15) is 11.8 Å². The summed E-state index contributed by atoms with van der Waals surface area (Å²) in [5, 5.41) is 11.9. The van der Waals surface area contributed by atoms with Crippen molar-refractivity contribution in [1.82, 2.24) is 5.32 Å². The van der Waals surface area contributed by atoms with Crippen LogP contribution < -0.4 is 5.32 Å². The van der Waals surface area contributed by atoms with Gasteiger partial charge in [0.25, 0.3) is 0 Å². The molecule has 2 aliphatic heterocycles. The van der Waals surface area contributed by atoms with Gasteiger partial charge in [-0.25, -0.2) is 4.79 Å². The number of carboxylic acid groups (broad SMARTS) is 1. The fraction of sp³-hybridized carbons (Fsp3) is 0.818. The van der Waals surface area contributed by atoms with Gasteiger partial charge in [-0.05, 0) is 31.4 Å². The molecule has 2 rings (SSSR count). The number of amides is 1. The molecule has 0 spiro atoms. The third kappa shape index (κ3) is 2.74. The number of carboxylic acids is 1. The summed E-state index contributed by atoms with van der Waals surface area (Å²) in [5.74, 6) is 0.0140. The molecule has 0 saturated carbocycles. The molecule has 0 aromatic heterocycles. The number of rotatable bonds is 3. The van der Waals surface area contributed by atoms with Crippen molar-refractivity contribution in [2.45, 2.75) is 37.3 Å². The minimum Gasteiger partial charge on any atom is -0.479 e. The largest absolute Gasteiger partial charge is 0.479 e. The highest BCUT2D eigenvalue weighted by molar-refractivity contribution is 7.99. The molecule has 2 heterocycles. The molecule has 6 heteroatoms. The van der Waals surface area contributed by atoms with Crippen LogP contribution in [0.15, 0.2) is 0 Å². The highest BCUT2D eigenvalue weighted by Gasteiger charge is 2.44. The molecule has 2 aliphatic rings. The summed E-state index contributed by atoms with van der Waals surface area (Å²) in [6, 6.07) is 0. The predicted octanol–water partition coefficient (Wildman–Crippen LogP) is 0.632. The first kappa shape index (κ1) is 12.7. The van der Waals surface area contributed by atoms with E-state index < -0.39 is 17.6 Å². The second kappa shape index (κ2) is 5.27. The van der Waals surface area contributed by atoms with E-state index >= 15 is 0 Å². The fourth-order valence-corrected chi connectivity index (χ4v) is 3.48. The molecule has 5 nitrogen and oxygen atoms in total. The predicted molar refractivity (Wildman–Crippen MR) is 64.0 cm³/mol. The Bertz CT molecular complexity index is 309. The topological polar surface area (TPSA) is 75.6 Å². The number of ether oxygens (including phenoxy) is 1. The van der Waals surface area contributed by atoms with Gasteiger partial charge in [0.1, 0.15) is 11.6 Å². The van der Waals surface area contributed by atoms with Crippen LogP contribution in [0, 0.1) is 0 Å². The number of nitrogens with one attached hydrogen (secondary N) is 1. The zero-order chi connectivity index (χ0) is 12.3. The van der Waals surface area contributed by atoms with Gasteiger partial charge in [-0.1, -0.05) is 0 Å². The lowest BCUT2D eigenvalue weighted by molar-refractivity contribution is -0.149. The molecule has 0 aliphatic carbocycles. The van der Waals surface area contributed by atoms with Crippen LogP contribution in [-0.4, -0.2) is 46.7 Å². The molecular formula is C11H17NO4S. The van der Waals surface area contributed by atoms with Crippen LogP contribution in [0.2, 0.25) is 0 Å². The first-order valence-corrected chi connectivity index (χ1v) is 7.04. The maximum atomic E-state index is 12.0. The molecule has 0 aromatic carbocycles. The Kier molecular flexibility index (Phi) is 3.93. The molecule has 0 radical (unpaired) electrons. The Morgan fingerprint density at radius 1 is 1.41 bits per heavy atom. The molecule has 1 amide bonds. The van der Waals surface area contributed by atoms with Crippen LogP contribution in [-0.2, 0) is 14.3 Å². The Morgan fingerprint density at radius 2 is 2.24 bits per heavy atom. The van der Waals surface area contributed by atoms with Crippen LogP contribution in [0.5, 0.6) is 0 Å². The van der Waals surface area contributed by atoms with Crippen molar-refractivity contribution in [1.29, 1.82) is 0 Å². The third-order valence-corrected chi connectivity index (χ3v) is 4.46. The van der Waals surface area contributed by atoms with Crippen molar-refractivity contribution in [3.05, 3.63) is 0 Å². The SMILES string of the molecule is O=C(N[C@]1(C(=O)O)CCSC1)[C@@H]1CCCCO1. The van der Waals surface area contributed by atoms with E-state index in [1.807, 2.05) is 0 Å². The minimum absolute atomic E-state index is 0.269. The van der Waals surface area contributed by atoms with Gasteiger partial charge in [0.15, 0.2) is 0 Å². The van der Waals surface area contributed by atoms with Crippen LogP contribution in [0.25, 0.3) is 0 Å². The average Bonchev–Trinajstić information content (AvgIpc) is 2.80. The van der Waals surface area contributed by atoms with Crippen molar-refractivity contribution in [3.63, 3.8) is 0 Å². The quantitative estimate of drug-likeness (QED) is 0.777. The molecule has 2 N–H and O–H groups in total. The van der Waals surface area contributed by atoms with Gasteiger partial charge in [0.2, 0.25) is 5.91 Å². The maximum absolute atomic E-state index is 12.0. The smallest absolute Gasteiger partial charge is 0.330 e. The number of hydrogen-bond donors (Lipinski definition) is 2.